The molecule has 1 saturated heterocycles. The Kier molecular flexibility index (Phi) is 3.39. The lowest BCUT2D eigenvalue weighted by Gasteiger charge is -2.33. The van der Waals surface area contributed by atoms with Crippen molar-refractivity contribution < 1.29 is 14.6 Å². The number of hydrogen-bond acceptors (Lipinski definition) is 5. The first-order chi connectivity index (χ1) is 8.08. The van der Waals surface area contributed by atoms with Gasteiger partial charge in [-0.1, -0.05) is 0 Å². The zero-order valence-electron chi connectivity index (χ0n) is 9.88. The molecule has 17 heavy (non-hydrogen) atoms. The number of hydrogen-bond donors (Lipinski definition) is 2. The number of ether oxygens (including phenoxy) is 1. The topological polar surface area (TPSA) is 91.3 Å². The molecule has 0 spiro atoms. The van der Waals surface area contributed by atoms with Gasteiger partial charge in [-0.3, -0.25) is 14.8 Å². The van der Waals surface area contributed by atoms with E-state index in [1.807, 2.05) is 11.8 Å². The summed E-state index contributed by atoms with van der Waals surface area (Å²) in [6.07, 6.45) is -0.254. The van der Waals surface area contributed by atoms with Crippen molar-refractivity contribution in [2.45, 2.75) is 26.0 Å². The molecule has 0 bridgehead atoms. The number of carboxylic acids is 1. The van der Waals surface area contributed by atoms with Crippen LogP contribution in [0.25, 0.3) is 0 Å². The summed E-state index contributed by atoms with van der Waals surface area (Å²) in [6, 6.07) is -0.513. The molecule has 2 rings (SSSR count). The van der Waals surface area contributed by atoms with Crippen LogP contribution in [-0.2, 0) is 9.53 Å². The lowest BCUT2D eigenvalue weighted by Crippen LogP contribution is -2.47. The average molecular weight is 240 g/mol. The molecule has 0 amide bonds. The molecule has 2 unspecified atom stereocenters. The zero-order chi connectivity index (χ0) is 12.4. The molecule has 1 aromatic heterocycles. The number of aliphatic carboxylic acids is 1. The Bertz CT molecular complexity index is 406. The van der Waals surface area contributed by atoms with Crippen molar-refractivity contribution in [1.82, 2.24) is 20.1 Å². The van der Waals surface area contributed by atoms with Gasteiger partial charge in [-0.15, -0.1) is 0 Å². The number of nitrogens with one attached hydrogen (secondary N) is 1. The smallest absolute Gasteiger partial charge is 0.320 e. The van der Waals surface area contributed by atoms with E-state index in [9.17, 15) is 4.79 Å². The van der Waals surface area contributed by atoms with Gasteiger partial charge in [-0.05, 0) is 13.8 Å². The second kappa shape index (κ2) is 4.80. The van der Waals surface area contributed by atoms with E-state index in [1.54, 1.807) is 6.92 Å². The first-order valence-corrected chi connectivity index (χ1v) is 5.55. The Hall–Kier alpha value is -1.47. The third-order valence-electron chi connectivity index (χ3n) is 2.91. The predicted octanol–water partition coefficient (Wildman–Crippen LogP) is -0.0405. The van der Waals surface area contributed by atoms with Crippen LogP contribution >= 0.6 is 0 Å². The quantitative estimate of drug-likeness (QED) is 0.770. The number of aromatic nitrogens is 3. The lowest BCUT2D eigenvalue weighted by atomic mass is 10.2. The van der Waals surface area contributed by atoms with Gasteiger partial charge in [0.25, 0.3) is 0 Å². The molecule has 2 atom stereocenters. The van der Waals surface area contributed by atoms with Gasteiger partial charge in [0.1, 0.15) is 18.0 Å². The monoisotopic (exact) mass is 240 g/mol. The van der Waals surface area contributed by atoms with Gasteiger partial charge in [0, 0.05) is 13.1 Å². The summed E-state index contributed by atoms with van der Waals surface area (Å²) in [6.45, 7) is 5.11. The molecule has 1 aliphatic rings. The van der Waals surface area contributed by atoms with E-state index in [0.717, 1.165) is 5.82 Å². The third-order valence-corrected chi connectivity index (χ3v) is 2.91. The number of nitrogens with zero attached hydrogens (tertiary/aromatic N) is 3. The third kappa shape index (κ3) is 2.62. The Labute approximate surface area is 98.8 Å². The molecular weight excluding hydrogens is 224 g/mol. The first-order valence-electron chi connectivity index (χ1n) is 5.55. The molecule has 0 aromatic carbocycles. The van der Waals surface area contributed by atoms with Crippen LogP contribution in [0.4, 0.5) is 0 Å². The van der Waals surface area contributed by atoms with Gasteiger partial charge in [0.2, 0.25) is 0 Å². The number of carbonyl (C=O) groups is 1. The van der Waals surface area contributed by atoms with Gasteiger partial charge >= 0.3 is 5.97 Å². The van der Waals surface area contributed by atoms with Crippen molar-refractivity contribution in [2.75, 3.05) is 19.7 Å². The van der Waals surface area contributed by atoms with Crippen molar-refractivity contribution in [1.29, 1.82) is 0 Å². The van der Waals surface area contributed by atoms with Crippen molar-refractivity contribution in [3.8, 4) is 0 Å². The van der Waals surface area contributed by atoms with E-state index in [-0.39, 0.29) is 6.10 Å². The summed E-state index contributed by atoms with van der Waals surface area (Å²) < 4.78 is 5.56. The van der Waals surface area contributed by atoms with Crippen molar-refractivity contribution in [3.05, 3.63) is 11.6 Å². The largest absolute Gasteiger partial charge is 0.480 e. The van der Waals surface area contributed by atoms with E-state index < -0.39 is 12.0 Å². The maximum absolute atomic E-state index is 10.9. The van der Waals surface area contributed by atoms with Crippen LogP contribution in [0.1, 0.15) is 24.7 Å². The summed E-state index contributed by atoms with van der Waals surface area (Å²) in [5.74, 6) is 0.494. The highest BCUT2D eigenvalue weighted by Crippen LogP contribution is 2.20. The standard InChI is InChI=1S/C10H16N4O3/c1-6(10(15)16)14-3-4-17-8(5-14)9-11-7(2)12-13-9/h6,8H,3-5H2,1-2H3,(H,15,16)(H,11,12,13). The minimum Gasteiger partial charge on any atom is -0.480 e. The fraction of sp³-hybridized carbons (Fsp3) is 0.700. The van der Waals surface area contributed by atoms with E-state index in [1.165, 1.54) is 0 Å². The van der Waals surface area contributed by atoms with Crippen molar-refractivity contribution in [2.24, 2.45) is 0 Å². The van der Waals surface area contributed by atoms with Gasteiger partial charge < -0.3 is 9.84 Å². The molecule has 0 saturated carbocycles. The highest BCUT2D eigenvalue weighted by Gasteiger charge is 2.30. The number of morpholine rings is 1. The molecule has 7 nitrogen and oxygen atoms in total. The highest BCUT2D eigenvalue weighted by molar-refractivity contribution is 5.72. The lowest BCUT2D eigenvalue weighted by molar-refractivity contribution is -0.146. The molecule has 0 aliphatic carbocycles. The minimum absolute atomic E-state index is 0.254. The van der Waals surface area contributed by atoms with Crippen LogP contribution in [0, 0.1) is 6.92 Å². The minimum atomic E-state index is -0.822. The fourth-order valence-electron chi connectivity index (χ4n) is 1.84. The molecule has 1 aliphatic heterocycles. The van der Waals surface area contributed by atoms with Gasteiger partial charge in [0.05, 0.1) is 6.61 Å². The maximum Gasteiger partial charge on any atom is 0.320 e. The molecule has 94 valence electrons. The second-order valence-electron chi connectivity index (χ2n) is 4.15. The maximum atomic E-state index is 10.9. The molecule has 2 N–H and O–H groups in total. The van der Waals surface area contributed by atoms with Crippen LogP contribution in [0.2, 0.25) is 0 Å². The van der Waals surface area contributed by atoms with E-state index in [0.29, 0.717) is 25.5 Å². The molecule has 7 heteroatoms. The highest BCUT2D eigenvalue weighted by atomic mass is 16.5. The zero-order valence-corrected chi connectivity index (χ0v) is 9.88. The summed E-state index contributed by atoms with van der Waals surface area (Å²) >= 11 is 0. The van der Waals surface area contributed by atoms with E-state index >= 15 is 0 Å². The Morgan fingerprint density at radius 1 is 1.71 bits per heavy atom. The van der Waals surface area contributed by atoms with Crippen LogP contribution < -0.4 is 0 Å². The second-order valence-corrected chi connectivity index (χ2v) is 4.15. The Morgan fingerprint density at radius 2 is 2.47 bits per heavy atom. The van der Waals surface area contributed by atoms with Crippen LogP contribution in [0.5, 0.6) is 0 Å². The summed E-state index contributed by atoms with van der Waals surface area (Å²) in [4.78, 5) is 17.0. The number of H-pyrrole nitrogens is 1. The summed E-state index contributed by atoms with van der Waals surface area (Å²) in [5, 5.41) is 15.8. The number of rotatable bonds is 3. The average Bonchev–Trinajstić information content (AvgIpc) is 2.75. The summed E-state index contributed by atoms with van der Waals surface area (Å²) in [7, 11) is 0. The SMILES string of the molecule is Cc1nc(C2CN(C(C)C(=O)O)CCO2)n[nH]1. The van der Waals surface area contributed by atoms with Gasteiger partial charge in [0.15, 0.2) is 5.82 Å². The number of carboxylic acid groups (broad SMARTS) is 1. The predicted molar refractivity (Wildman–Crippen MR) is 58.5 cm³/mol. The van der Waals surface area contributed by atoms with Crippen molar-refractivity contribution >= 4 is 5.97 Å². The van der Waals surface area contributed by atoms with E-state index in [4.69, 9.17) is 9.84 Å². The van der Waals surface area contributed by atoms with E-state index in [2.05, 4.69) is 15.2 Å². The molecule has 0 radical (unpaired) electrons. The number of aromatic amines is 1. The Balaban J connectivity index is 2.04. The Morgan fingerprint density at radius 3 is 3.06 bits per heavy atom. The first kappa shape index (κ1) is 12.0. The van der Waals surface area contributed by atoms with Crippen LogP contribution in [-0.4, -0.2) is 56.9 Å². The molecule has 1 fully saturated rings. The van der Waals surface area contributed by atoms with Gasteiger partial charge in [-0.2, -0.15) is 5.10 Å². The number of aryl methyl sites for hydroxylation is 1. The van der Waals surface area contributed by atoms with Crippen molar-refractivity contribution in [3.63, 3.8) is 0 Å². The normalized spacial score (nSPS) is 23.5. The van der Waals surface area contributed by atoms with Gasteiger partial charge in [-0.25, -0.2) is 4.98 Å². The molecule has 1 aromatic rings. The molecular formula is C10H16N4O3. The molecule has 2 heterocycles. The van der Waals surface area contributed by atoms with Crippen LogP contribution in [0.15, 0.2) is 0 Å². The fourth-order valence-corrected chi connectivity index (χ4v) is 1.84. The summed E-state index contributed by atoms with van der Waals surface area (Å²) in [5.41, 5.74) is 0. The van der Waals surface area contributed by atoms with Crippen LogP contribution in [0.3, 0.4) is 0 Å².